The molecule has 0 aliphatic carbocycles. The molecular weight excluding hydrogens is 262 g/mol. The van der Waals surface area contributed by atoms with Crippen LogP contribution in [-0.4, -0.2) is 25.2 Å². The summed E-state index contributed by atoms with van der Waals surface area (Å²) < 4.78 is 0. The molecule has 0 spiro atoms. The van der Waals surface area contributed by atoms with Crippen LogP contribution in [0.5, 0.6) is 0 Å². The van der Waals surface area contributed by atoms with Crippen molar-refractivity contribution in [2.75, 3.05) is 0 Å². The van der Waals surface area contributed by atoms with Crippen molar-refractivity contribution in [3.63, 3.8) is 0 Å². The first-order valence-corrected chi connectivity index (χ1v) is 6.26. The van der Waals surface area contributed by atoms with E-state index in [1.54, 1.807) is 12.4 Å². The third-order valence-corrected chi connectivity index (χ3v) is 2.98. The second-order valence-corrected chi connectivity index (χ2v) is 4.17. The van der Waals surface area contributed by atoms with Gasteiger partial charge in [0.2, 0.25) is 5.82 Å². The summed E-state index contributed by atoms with van der Waals surface area (Å²) in [6.45, 7) is 0. The fraction of sp³-hybridized carbons (Fsp3) is 0.0769. The molecule has 0 aliphatic rings. The molecule has 3 aromatic rings. The van der Waals surface area contributed by atoms with E-state index in [0.29, 0.717) is 11.7 Å². The normalized spacial score (nSPS) is 10.6. The average molecular weight is 272 g/mol. The number of benzene rings is 1. The predicted octanol–water partition coefficient (Wildman–Crippen LogP) is 2.46. The first-order valence-electron chi connectivity index (χ1n) is 5.73. The maximum absolute atomic E-state index is 5.89. The largest absolute Gasteiger partial charge is 0.262 e. The summed E-state index contributed by atoms with van der Waals surface area (Å²) >= 11 is 5.89. The maximum atomic E-state index is 5.89. The minimum atomic E-state index is 0.375. The van der Waals surface area contributed by atoms with Crippen molar-refractivity contribution in [3.8, 4) is 17.1 Å². The average Bonchev–Trinajstić information content (AvgIpc) is 2.98. The van der Waals surface area contributed by atoms with E-state index >= 15 is 0 Å². The summed E-state index contributed by atoms with van der Waals surface area (Å²) in [4.78, 5) is 5.52. The van der Waals surface area contributed by atoms with E-state index < -0.39 is 0 Å². The summed E-state index contributed by atoms with van der Waals surface area (Å²) in [6.07, 6.45) is 3.37. The molecule has 0 bridgehead atoms. The van der Waals surface area contributed by atoms with Crippen LogP contribution in [0.3, 0.4) is 0 Å². The topological polar surface area (TPSA) is 56.5 Å². The zero-order valence-corrected chi connectivity index (χ0v) is 10.7. The lowest BCUT2D eigenvalue weighted by molar-refractivity contribution is 0.712. The van der Waals surface area contributed by atoms with Crippen molar-refractivity contribution in [1.82, 2.24) is 25.2 Å². The van der Waals surface area contributed by atoms with Gasteiger partial charge in [0, 0.05) is 17.6 Å². The van der Waals surface area contributed by atoms with E-state index in [1.165, 1.54) is 4.80 Å². The van der Waals surface area contributed by atoms with Gasteiger partial charge in [0.05, 0.1) is 6.20 Å². The number of pyridine rings is 1. The van der Waals surface area contributed by atoms with Crippen molar-refractivity contribution in [1.29, 1.82) is 0 Å². The Bertz CT molecular complexity index is 680. The third kappa shape index (κ3) is 2.32. The molecular formula is C13H10ClN5. The molecule has 19 heavy (non-hydrogen) atoms. The van der Waals surface area contributed by atoms with E-state index in [0.717, 1.165) is 16.8 Å². The Labute approximate surface area is 114 Å². The maximum Gasteiger partial charge on any atom is 0.205 e. The zero-order chi connectivity index (χ0) is 13.1. The van der Waals surface area contributed by atoms with Crippen molar-refractivity contribution < 1.29 is 0 Å². The Morgan fingerprint density at radius 3 is 2.74 bits per heavy atom. The Kier molecular flexibility index (Phi) is 3.20. The quantitative estimate of drug-likeness (QED) is 0.687. The van der Waals surface area contributed by atoms with Gasteiger partial charge in [-0.15, -0.1) is 26.6 Å². The van der Waals surface area contributed by atoms with Gasteiger partial charge in [0.25, 0.3) is 0 Å². The highest BCUT2D eigenvalue weighted by atomic mass is 35.5. The number of hydrogen-bond acceptors (Lipinski definition) is 4. The molecule has 0 N–H and O–H groups in total. The standard InChI is InChI=1S/C13H10ClN5/c14-8-11-6-7-15-9-12(11)19-17-13(16-18-19)10-4-2-1-3-5-10/h1-7,9H,8H2. The van der Waals surface area contributed by atoms with Crippen LogP contribution in [0.1, 0.15) is 5.56 Å². The lowest BCUT2D eigenvalue weighted by Gasteiger charge is -2.02. The van der Waals surface area contributed by atoms with E-state index in [2.05, 4.69) is 20.4 Å². The zero-order valence-electron chi connectivity index (χ0n) is 9.94. The van der Waals surface area contributed by atoms with Crippen LogP contribution in [0.2, 0.25) is 0 Å². The summed E-state index contributed by atoms with van der Waals surface area (Å²) in [5.74, 6) is 0.949. The summed E-state index contributed by atoms with van der Waals surface area (Å²) in [7, 11) is 0. The number of hydrogen-bond donors (Lipinski definition) is 0. The lowest BCUT2D eigenvalue weighted by Crippen LogP contribution is -2.03. The Hall–Kier alpha value is -2.27. The van der Waals surface area contributed by atoms with Crippen molar-refractivity contribution >= 4 is 11.6 Å². The molecule has 94 valence electrons. The van der Waals surface area contributed by atoms with Crippen LogP contribution in [0.25, 0.3) is 17.1 Å². The van der Waals surface area contributed by atoms with Gasteiger partial charge in [-0.1, -0.05) is 30.3 Å². The van der Waals surface area contributed by atoms with E-state index in [1.807, 2.05) is 36.4 Å². The van der Waals surface area contributed by atoms with E-state index in [-0.39, 0.29) is 0 Å². The van der Waals surface area contributed by atoms with Gasteiger partial charge in [0.1, 0.15) is 5.69 Å². The molecule has 5 nitrogen and oxygen atoms in total. The van der Waals surface area contributed by atoms with Gasteiger partial charge < -0.3 is 0 Å². The number of tetrazole rings is 1. The molecule has 0 atom stereocenters. The molecule has 0 aliphatic heterocycles. The highest BCUT2D eigenvalue weighted by Gasteiger charge is 2.09. The molecule has 1 aromatic carbocycles. The second-order valence-electron chi connectivity index (χ2n) is 3.91. The van der Waals surface area contributed by atoms with Gasteiger partial charge in [-0.25, -0.2) is 0 Å². The number of rotatable bonds is 3. The molecule has 2 aromatic heterocycles. The molecule has 2 heterocycles. The number of aromatic nitrogens is 5. The van der Waals surface area contributed by atoms with Crippen molar-refractivity contribution in [2.45, 2.75) is 5.88 Å². The number of halogens is 1. The lowest BCUT2D eigenvalue weighted by atomic mass is 10.2. The predicted molar refractivity (Wildman–Crippen MR) is 71.9 cm³/mol. The fourth-order valence-electron chi connectivity index (χ4n) is 1.73. The SMILES string of the molecule is ClCc1ccncc1-n1nnc(-c2ccccc2)n1. The van der Waals surface area contributed by atoms with Gasteiger partial charge in [-0.05, 0) is 16.8 Å². The second kappa shape index (κ2) is 5.16. The van der Waals surface area contributed by atoms with Crippen LogP contribution in [0, 0.1) is 0 Å². The molecule has 6 heteroatoms. The van der Waals surface area contributed by atoms with Gasteiger partial charge in [-0.2, -0.15) is 0 Å². The smallest absolute Gasteiger partial charge is 0.205 e. The molecule has 0 amide bonds. The van der Waals surface area contributed by atoms with E-state index in [9.17, 15) is 0 Å². The highest BCUT2D eigenvalue weighted by molar-refractivity contribution is 6.17. The Balaban J connectivity index is 2.02. The van der Waals surface area contributed by atoms with Crippen LogP contribution >= 0.6 is 11.6 Å². The van der Waals surface area contributed by atoms with Crippen LogP contribution in [0.4, 0.5) is 0 Å². The monoisotopic (exact) mass is 271 g/mol. The summed E-state index contributed by atoms with van der Waals surface area (Å²) in [5.41, 5.74) is 2.57. The summed E-state index contributed by atoms with van der Waals surface area (Å²) in [6, 6.07) is 11.5. The highest BCUT2D eigenvalue weighted by Crippen LogP contribution is 2.16. The van der Waals surface area contributed by atoms with Crippen molar-refractivity contribution in [2.24, 2.45) is 0 Å². The van der Waals surface area contributed by atoms with Crippen LogP contribution in [0.15, 0.2) is 48.8 Å². The molecule has 0 radical (unpaired) electrons. The van der Waals surface area contributed by atoms with Gasteiger partial charge in [-0.3, -0.25) is 4.98 Å². The first-order chi connectivity index (χ1) is 9.38. The number of alkyl halides is 1. The van der Waals surface area contributed by atoms with Gasteiger partial charge in [0.15, 0.2) is 0 Å². The molecule has 0 saturated carbocycles. The van der Waals surface area contributed by atoms with Crippen LogP contribution < -0.4 is 0 Å². The minimum absolute atomic E-state index is 0.375. The first kappa shape index (κ1) is 11.8. The number of nitrogens with zero attached hydrogens (tertiary/aromatic N) is 5. The van der Waals surface area contributed by atoms with Crippen molar-refractivity contribution in [3.05, 3.63) is 54.4 Å². The minimum Gasteiger partial charge on any atom is -0.262 e. The summed E-state index contributed by atoms with van der Waals surface area (Å²) in [5, 5.41) is 12.5. The molecule has 0 saturated heterocycles. The Morgan fingerprint density at radius 2 is 1.95 bits per heavy atom. The van der Waals surface area contributed by atoms with E-state index in [4.69, 9.17) is 11.6 Å². The molecule has 0 unspecified atom stereocenters. The third-order valence-electron chi connectivity index (χ3n) is 2.69. The van der Waals surface area contributed by atoms with Gasteiger partial charge >= 0.3 is 0 Å². The fourth-order valence-corrected chi connectivity index (χ4v) is 1.95. The Morgan fingerprint density at radius 1 is 1.11 bits per heavy atom. The molecule has 3 rings (SSSR count). The molecule has 0 fully saturated rings. The van der Waals surface area contributed by atoms with Crippen LogP contribution in [-0.2, 0) is 5.88 Å².